The summed E-state index contributed by atoms with van der Waals surface area (Å²) >= 11 is 0. The Morgan fingerprint density at radius 3 is 1.69 bits per heavy atom. The predicted molar refractivity (Wildman–Crippen MR) is 165 cm³/mol. The molecular weight excluding hydrogens is 632 g/mol. The average molecular weight is 679 g/mol. The Bertz CT molecular complexity index is 1410. The molecule has 0 spiro atoms. The Hall–Kier alpha value is -4.36. The van der Waals surface area contributed by atoms with Crippen molar-refractivity contribution in [3.05, 3.63) is 24.3 Å². The lowest BCUT2D eigenvalue weighted by atomic mass is 9.72. The molecule has 1 saturated carbocycles. The standard InChI is InChI=1S/C34H46O14/c1-16(2)31(42)46-27-26(44-20(6)36)18(4)25(43-19(5)35)24-30(45-21(7)37)33(12,47-22(8)38)15-34(24,48-23(9)39)28(40)17(3)13-14-32(10,11)29(27)41/h13-14,16-17,24-27,30H,4,15H2,1-3,5-12H3/t17-,24+,25+,26+,27-,30-,33-,34-/m1/s1. The minimum absolute atomic E-state index is 0.387. The number of hydrogen-bond acceptors (Lipinski definition) is 14. The van der Waals surface area contributed by atoms with E-state index in [9.17, 15) is 38.4 Å². The Balaban J connectivity index is 3.22. The molecule has 48 heavy (non-hydrogen) atoms. The lowest BCUT2D eigenvalue weighted by molar-refractivity contribution is -0.191. The van der Waals surface area contributed by atoms with Crippen molar-refractivity contribution in [1.82, 2.24) is 0 Å². The summed E-state index contributed by atoms with van der Waals surface area (Å²) < 4.78 is 34.2. The van der Waals surface area contributed by atoms with Gasteiger partial charge in [-0.3, -0.25) is 38.4 Å². The molecule has 2 aliphatic rings. The summed E-state index contributed by atoms with van der Waals surface area (Å²) in [6.07, 6.45) is -5.03. The Labute approximate surface area is 279 Å². The highest BCUT2D eigenvalue weighted by molar-refractivity contribution is 5.96. The molecule has 0 radical (unpaired) electrons. The van der Waals surface area contributed by atoms with Gasteiger partial charge in [0.2, 0.25) is 6.10 Å². The third-order valence-corrected chi connectivity index (χ3v) is 8.23. The number of allylic oxidation sites excluding steroid dienone is 2. The number of ketones is 2. The van der Waals surface area contributed by atoms with E-state index < -0.39 is 113 Å². The molecule has 0 amide bonds. The Morgan fingerprint density at radius 1 is 0.729 bits per heavy atom. The van der Waals surface area contributed by atoms with E-state index in [0.29, 0.717) is 0 Å². The first-order valence-corrected chi connectivity index (χ1v) is 15.5. The van der Waals surface area contributed by atoms with Crippen molar-refractivity contribution >= 4 is 47.4 Å². The summed E-state index contributed by atoms with van der Waals surface area (Å²) in [5.74, 6) is -10.6. The van der Waals surface area contributed by atoms with Gasteiger partial charge in [0, 0.05) is 57.9 Å². The Morgan fingerprint density at radius 2 is 1.23 bits per heavy atom. The number of hydrogen-bond donors (Lipinski definition) is 0. The van der Waals surface area contributed by atoms with Crippen LogP contribution in [0.1, 0.15) is 82.6 Å². The molecule has 266 valence electrons. The maximum Gasteiger partial charge on any atom is 0.309 e. The second-order valence-electron chi connectivity index (χ2n) is 13.4. The van der Waals surface area contributed by atoms with Crippen LogP contribution in [0, 0.1) is 23.2 Å². The number of rotatable bonds is 7. The molecule has 0 unspecified atom stereocenters. The number of ether oxygens (including phenoxy) is 6. The van der Waals surface area contributed by atoms with Crippen LogP contribution in [0.5, 0.6) is 0 Å². The van der Waals surface area contributed by atoms with Crippen molar-refractivity contribution in [3.63, 3.8) is 0 Å². The van der Waals surface area contributed by atoms with Gasteiger partial charge in [-0.2, -0.15) is 0 Å². The lowest BCUT2D eigenvalue weighted by Crippen LogP contribution is -2.58. The monoisotopic (exact) mass is 678 g/mol. The van der Waals surface area contributed by atoms with Crippen molar-refractivity contribution in [3.8, 4) is 0 Å². The second-order valence-corrected chi connectivity index (χ2v) is 13.4. The number of esters is 6. The molecule has 0 aromatic carbocycles. The van der Waals surface area contributed by atoms with E-state index >= 15 is 0 Å². The highest BCUT2D eigenvalue weighted by atomic mass is 16.6. The van der Waals surface area contributed by atoms with Crippen molar-refractivity contribution in [2.45, 2.75) is 118 Å². The number of Topliss-reactive ketones (excluding diaryl/α,β-unsaturated/α-hetero) is 2. The minimum Gasteiger partial charge on any atom is -0.458 e. The van der Waals surface area contributed by atoms with Crippen LogP contribution in [0.25, 0.3) is 0 Å². The molecule has 0 heterocycles. The zero-order valence-electron chi connectivity index (χ0n) is 29.3. The molecule has 14 heteroatoms. The van der Waals surface area contributed by atoms with Crippen LogP contribution in [0.3, 0.4) is 0 Å². The van der Waals surface area contributed by atoms with Gasteiger partial charge in [0.25, 0.3) is 0 Å². The van der Waals surface area contributed by atoms with Crippen molar-refractivity contribution in [2.24, 2.45) is 23.2 Å². The SMILES string of the molecule is C=C1[C@H](OC(C)=O)[C@H]2[C@@H](OC(C)=O)[C@](C)(OC(C)=O)C[C@]2(OC(C)=O)C(=O)[C@H](C)C=CC(C)(C)C(=O)[C@H](OC(=O)C(C)C)[C@H]1OC(C)=O. The third kappa shape index (κ3) is 8.56. The normalized spacial score (nSPS) is 31.8. The first kappa shape index (κ1) is 39.8. The molecule has 0 saturated heterocycles. The van der Waals surface area contributed by atoms with Crippen LogP contribution in [0.2, 0.25) is 0 Å². The van der Waals surface area contributed by atoms with E-state index in [0.717, 1.165) is 34.6 Å². The first-order chi connectivity index (χ1) is 21.9. The van der Waals surface area contributed by atoms with E-state index in [1.165, 1.54) is 53.7 Å². The molecule has 2 rings (SSSR count). The minimum atomic E-state index is -2.35. The van der Waals surface area contributed by atoms with Gasteiger partial charge in [-0.15, -0.1) is 0 Å². The summed E-state index contributed by atoms with van der Waals surface area (Å²) in [5.41, 5.74) is -6.09. The van der Waals surface area contributed by atoms with Gasteiger partial charge in [0.15, 0.2) is 35.0 Å². The molecule has 14 nitrogen and oxygen atoms in total. The Kier molecular flexibility index (Phi) is 12.3. The van der Waals surface area contributed by atoms with Crippen LogP contribution >= 0.6 is 0 Å². The lowest BCUT2D eigenvalue weighted by Gasteiger charge is -2.42. The quantitative estimate of drug-likeness (QED) is 0.217. The van der Waals surface area contributed by atoms with E-state index in [-0.39, 0.29) is 5.57 Å². The maximum absolute atomic E-state index is 14.7. The highest BCUT2D eigenvalue weighted by Gasteiger charge is 2.72. The maximum atomic E-state index is 14.7. The van der Waals surface area contributed by atoms with E-state index in [4.69, 9.17) is 28.4 Å². The van der Waals surface area contributed by atoms with Gasteiger partial charge < -0.3 is 28.4 Å². The zero-order chi connectivity index (χ0) is 37.1. The van der Waals surface area contributed by atoms with E-state index in [2.05, 4.69) is 6.58 Å². The van der Waals surface area contributed by atoms with E-state index in [1.54, 1.807) is 0 Å². The summed E-state index contributed by atoms with van der Waals surface area (Å²) in [5, 5.41) is 0. The van der Waals surface area contributed by atoms with Crippen LogP contribution in [0.4, 0.5) is 0 Å². The molecule has 0 aliphatic heterocycles. The first-order valence-electron chi connectivity index (χ1n) is 15.5. The molecule has 0 aromatic heterocycles. The molecule has 0 bridgehead atoms. The number of fused-ring (bicyclic) bond motifs is 1. The fourth-order valence-electron chi connectivity index (χ4n) is 6.28. The largest absolute Gasteiger partial charge is 0.458 e. The molecule has 0 aromatic rings. The second kappa shape index (κ2) is 14.8. The molecule has 1 fully saturated rings. The molecule has 8 atom stereocenters. The van der Waals surface area contributed by atoms with Crippen molar-refractivity contribution in [2.75, 3.05) is 0 Å². The van der Waals surface area contributed by atoms with Crippen LogP contribution in [0.15, 0.2) is 24.3 Å². The van der Waals surface area contributed by atoms with Gasteiger partial charge >= 0.3 is 35.8 Å². The topological polar surface area (TPSA) is 192 Å². The zero-order valence-corrected chi connectivity index (χ0v) is 29.3. The highest BCUT2D eigenvalue weighted by Crippen LogP contribution is 2.54. The summed E-state index contributed by atoms with van der Waals surface area (Å²) in [6, 6.07) is 0. The summed E-state index contributed by atoms with van der Waals surface area (Å²) in [4.78, 5) is 105. The summed E-state index contributed by atoms with van der Waals surface area (Å²) in [7, 11) is 0. The fourth-order valence-corrected chi connectivity index (χ4v) is 6.28. The van der Waals surface area contributed by atoms with Gasteiger partial charge in [0.1, 0.15) is 6.10 Å². The van der Waals surface area contributed by atoms with Gasteiger partial charge in [-0.1, -0.05) is 39.5 Å². The number of carbonyl (C=O) groups excluding carboxylic acids is 8. The smallest absolute Gasteiger partial charge is 0.309 e. The van der Waals surface area contributed by atoms with E-state index in [1.807, 2.05) is 0 Å². The van der Waals surface area contributed by atoms with Crippen LogP contribution in [-0.4, -0.2) is 83.0 Å². The summed E-state index contributed by atoms with van der Waals surface area (Å²) in [6.45, 7) is 18.0. The van der Waals surface area contributed by atoms with Crippen LogP contribution in [-0.2, 0) is 66.8 Å². The number of carbonyl (C=O) groups is 8. The average Bonchev–Trinajstić information content (AvgIpc) is 3.15. The van der Waals surface area contributed by atoms with Crippen LogP contribution < -0.4 is 0 Å². The van der Waals surface area contributed by atoms with Crippen molar-refractivity contribution < 1.29 is 66.8 Å². The predicted octanol–water partition coefficient (Wildman–Crippen LogP) is 2.92. The van der Waals surface area contributed by atoms with Crippen molar-refractivity contribution in [1.29, 1.82) is 0 Å². The van der Waals surface area contributed by atoms with Gasteiger partial charge in [-0.05, 0) is 20.8 Å². The fraction of sp³-hybridized carbons (Fsp3) is 0.647. The third-order valence-electron chi connectivity index (χ3n) is 8.23. The molecule has 0 N–H and O–H groups in total. The van der Waals surface area contributed by atoms with Gasteiger partial charge in [0.05, 0.1) is 11.8 Å². The molecule has 2 aliphatic carbocycles. The van der Waals surface area contributed by atoms with Gasteiger partial charge in [-0.25, -0.2) is 0 Å². The molecular formula is C34H46O14.